The van der Waals surface area contributed by atoms with Crippen LogP contribution in [0.2, 0.25) is 0 Å². The van der Waals surface area contributed by atoms with E-state index in [4.69, 9.17) is 9.84 Å². The van der Waals surface area contributed by atoms with Gasteiger partial charge in [0.1, 0.15) is 5.78 Å². The maximum atomic E-state index is 12.3. The number of aryl methyl sites for hydroxylation is 1. The predicted octanol–water partition coefficient (Wildman–Crippen LogP) is 4.91. The Bertz CT molecular complexity index is 780. The molecule has 1 saturated carbocycles. The number of aliphatic hydroxyl groups excluding tert-OH is 1. The number of carboxylic acid groups (broad SMARTS) is 1. The molecule has 3 atom stereocenters. The molecule has 0 aromatic heterocycles. The van der Waals surface area contributed by atoms with Gasteiger partial charge < -0.3 is 14.9 Å². The summed E-state index contributed by atoms with van der Waals surface area (Å²) < 4.78 is 5.64. The number of carboxylic acids is 1. The first-order chi connectivity index (χ1) is 15.4. The van der Waals surface area contributed by atoms with Gasteiger partial charge in [-0.25, -0.2) is 0 Å². The molecule has 1 aliphatic rings. The van der Waals surface area contributed by atoms with Crippen molar-refractivity contribution in [3.8, 4) is 0 Å². The van der Waals surface area contributed by atoms with Crippen LogP contribution in [0.1, 0.15) is 63.5 Å². The highest BCUT2D eigenvalue weighted by molar-refractivity contribution is 5.84. The zero-order valence-corrected chi connectivity index (χ0v) is 19.4. The molecule has 1 aromatic carbocycles. The zero-order chi connectivity index (χ0) is 23.3. The largest absolute Gasteiger partial charge is 0.481 e. The third-order valence-corrected chi connectivity index (χ3v) is 5.84. The van der Waals surface area contributed by atoms with E-state index in [0.717, 1.165) is 25.9 Å². The number of ketones is 1. The van der Waals surface area contributed by atoms with Crippen molar-refractivity contribution in [3.05, 3.63) is 59.7 Å². The summed E-state index contributed by atoms with van der Waals surface area (Å²) in [5.74, 6) is -1.02. The summed E-state index contributed by atoms with van der Waals surface area (Å²) in [4.78, 5) is 22.9. The molecular weight excluding hydrogens is 404 g/mol. The van der Waals surface area contributed by atoms with Crippen molar-refractivity contribution in [1.82, 2.24) is 0 Å². The molecule has 0 amide bonds. The molecule has 1 aromatic rings. The zero-order valence-electron chi connectivity index (χ0n) is 19.4. The van der Waals surface area contributed by atoms with Gasteiger partial charge in [-0.05, 0) is 63.5 Å². The van der Waals surface area contributed by atoms with Crippen molar-refractivity contribution in [2.24, 2.45) is 11.8 Å². The quantitative estimate of drug-likeness (QED) is 0.316. The fraction of sp³-hybridized carbons (Fsp3) is 0.556. The Kier molecular flexibility index (Phi) is 11.4. The van der Waals surface area contributed by atoms with Gasteiger partial charge in [0, 0.05) is 24.7 Å². The number of aliphatic carboxylic acids is 1. The number of rotatable bonds is 14. The van der Waals surface area contributed by atoms with Crippen LogP contribution in [0, 0.1) is 11.8 Å². The predicted molar refractivity (Wildman–Crippen MR) is 127 cm³/mol. The fourth-order valence-corrected chi connectivity index (χ4v) is 4.12. The van der Waals surface area contributed by atoms with Gasteiger partial charge in [0.15, 0.2) is 0 Å². The molecule has 0 unspecified atom stereocenters. The molecule has 5 nitrogen and oxygen atoms in total. The van der Waals surface area contributed by atoms with E-state index in [0.29, 0.717) is 19.3 Å². The number of allylic oxidation sites excluding steroid dienone is 3. The Balaban J connectivity index is 1.81. The van der Waals surface area contributed by atoms with Crippen LogP contribution in [0.4, 0.5) is 0 Å². The topological polar surface area (TPSA) is 83.8 Å². The van der Waals surface area contributed by atoms with Gasteiger partial charge in [0.2, 0.25) is 0 Å². The third kappa shape index (κ3) is 9.49. The lowest BCUT2D eigenvalue weighted by atomic mass is 9.90. The van der Waals surface area contributed by atoms with Gasteiger partial charge in [-0.15, -0.1) is 0 Å². The number of unbranched alkanes of at least 4 members (excludes halogenated alkanes) is 1. The number of hydrogen-bond acceptors (Lipinski definition) is 4. The number of aliphatic hydroxyl groups is 1. The molecule has 0 aliphatic heterocycles. The minimum absolute atomic E-state index is 0.110. The van der Waals surface area contributed by atoms with Gasteiger partial charge in [0.05, 0.1) is 18.8 Å². The first-order valence-corrected chi connectivity index (χ1v) is 11.8. The van der Waals surface area contributed by atoms with Gasteiger partial charge in [-0.3, -0.25) is 9.59 Å². The minimum Gasteiger partial charge on any atom is -0.481 e. The Morgan fingerprint density at radius 1 is 1.16 bits per heavy atom. The third-order valence-electron chi connectivity index (χ3n) is 5.84. The number of Topliss-reactive ketones (excluding diaryl/α,β-unsaturated/α-hetero) is 1. The monoisotopic (exact) mass is 442 g/mol. The average molecular weight is 443 g/mol. The Morgan fingerprint density at radius 2 is 1.91 bits per heavy atom. The molecule has 1 fully saturated rings. The minimum atomic E-state index is -0.787. The van der Waals surface area contributed by atoms with E-state index in [2.05, 4.69) is 30.3 Å². The van der Waals surface area contributed by atoms with Crippen molar-refractivity contribution in [2.75, 3.05) is 6.61 Å². The van der Waals surface area contributed by atoms with Crippen LogP contribution in [-0.2, 0) is 27.2 Å². The van der Waals surface area contributed by atoms with E-state index in [1.807, 2.05) is 32.1 Å². The second kappa shape index (κ2) is 14.0. The first-order valence-electron chi connectivity index (χ1n) is 11.8. The molecule has 0 bridgehead atoms. The average Bonchev–Trinajstić information content (AvgIpc) is 3.00. The molecule has 2 N–H and O–H groups in total. The lowest BCUT2D eigenvalue weighted by molar-refractivity contribution is -0.137. The molecule has 5 heteroatoms. The van der Waals surface area contributed by atoms with Crippen molar-refractivity contribution in [3.63, 3.8) is 0 Å². The molecule has 176 valence electrons. The summed E-state index contributed by atoms with van der Waals surface area (Å²) in [7, 11) is 0. The highest BCUT2D eigenvalue weighted by atomic mass is 16.5. The highest BCUT2D eigenvalue weighted by Crippen LogP contribution is 2.33. The summed E-state index contributed by atoms with van der Waals surface area (Å²) in [6.07, 6.45) is 12.6. The van der Waals surface area contributed by atoms with Crippen LogP contribution in [-0.4, -0.2) is 40.8 Å². The lowest BCUT2D eigenvalue weighted by Gasteiger charge is -2.16. The van der Waals surface area contributed by atoms with E-state index >= 15 is 0 Å². The number of carbonyl (C=O) groups is 2. The first kappa shape index (κ1) is 26.0. The fourth-order valence-electron chi connectivity index (χ4n) is 4.12. The molecule has 0 radical (unpaired) electrons. The maximum Gasteiger partial charge on any atom is 0.303 e. The molecule has 0 saturated heterocycles. The van der Waals surface area contributed by atoms with Crippen LogP contribution in [0.3, 0.4) is 0 Å². The number of ether oxygens (including phenoxy) is 1. The second-order valence-electron chi connectivity index (χ2n) is 8.87. The highest BCUT2D eigenvalue weighted by Gasteiger charge is 2.38. The smallest absolute Gasteiger partial charge is 0.303 e. The molecule has 32 heavy (non-hydrogen) atoms. The number of hydrogen-bond donors (Lipinski definition) is 2. The number of carbonyl (C=O) groups excluding carboxylic acids is 1. The van der Waals surface area contributed by atoms with Crippen molar-refractivity contribution in [2.45, 2.75) is 77.4 Å². The van der Waals surface area contributed by atoms with Crippen LogP contribution in [0.25, 0.3) is 0 Å². The summed E-state index contributed by atoms with van der Waals surface area (Å²) in [6.45, 7) is 4.81. The SMILES string of the molecule is CC(C)OCCc1cccc(CC/C=C/[C@H]2[C@H](O)CC(=O)[C@@H]2C/C=C\CCCC(=O)O)c1. The summed E-state index contributed by atoms with van der Waals surface area (Å²) >= 11 is 0. The van der Waals surface area contributed by atoms with Gasteiger partial charge in [-0.1, -0.05) is 48.6 Å². The maximum absolute atomic E-state index is 12.3. The van der Waals surface area contributed by atoms with E-state index in [-0.39, 0.29) is 36.6 Å². The molecular formula is C27H38O5. The van der Waals surface area contributed by atoms with Crippen molar-refractivity contribution < 1.29 is 24.5 Å². The summed E-state index contributed by atoms with van der Waals surface area (Å²) in [5, 5.41) is 19.0. The Morgan fingerprint density at radius 3 is 2.62 bits per heavy atom. The van der Waals surface area contributed by atoms with E-state index in [9.17, 15) is 14.7 Å². The van der Waals surface area contributed by atoms with Gasteiger partial charge in [0.25, 0.3) is 0 Å². The van der Waals surface area contributed by atoms with E-state index in [1.54, 1.807) is 0 Å². The Hall–Kier alpha value is -2.24. The lowest BCUT2D eigenvalue weighted by Crippen LogP contribution is -2.17. The van der Waals surface area contributed by atoms with E-state index < -0.39 is 12.1 Å². The normalized spacial score (nSPS) is 21.4. The molecule has 0 spiro atoms. The van der Waals surface area contributed by atoms with Crippen LogP contribution >= 0.6 is 0 Å². The van der Waals surface area contributed by atoms with Crippen LogP contribution in [0.5, 0.6) is 0 Å². The van der Waals surface area contributed by atoms with Gasteiger partial charge in [-0.2, -0.15) is 0 Å². The van der Waals surface area contributed by atoms with E-state index in [1.165, 1.54) is 11.1 Å². The van der Waals surface area contributed by atoms with Crippen molar-refractivity contribution in [1.29, 1.82) is 0 Å². The van der Waals surface area contributed by atoms with Gasteiger partial charge >= 0.3 is 5.97 Å². The van der Waals surface area contributed by atoms with Crippen molar-refractivity contribution >= 4 is 11.8 Å². The standard InChI is InChI=1S/C27H38O5/c1-20(2)32-17-16-22-12-9-11-21(18-22)10-7-8-14-24-23(25(28)19-26(24)29)13-5-3-4-6-15-27(30)31/h3,5,8-9,11-12,14,18,20,23-24,26,29H,4,6-7,10,13,15-17,19H2,1-2H3,(H,30,31)/b5-3-,14-8+/t23-,24-,26-/m1/s1. The summed E-state index contributed by atoms with van der Waals surface area (Å²) in [6, 6.07) is 8.57. The molecule has 1 aliphatic carbocycles. The Labute approximate surface area is 192 Å². The second-order valence-corrected chi connectivity index (χ2v) is 8.87. The van der Waals surface area contributed by atoms with Crippen LogP contribution < -0.4 is 0 Å². The number of benzene rings is 1. The van der Waals surface area contributed by atoms with Crippen LogP contribution in [0.15, 0.2) is 48.6 Å². The molecule has 2 rings (SSSR count). The molecule has 0 heterocycles. The summed E-state index contributed by atoms with van der Waals surface area (Å²) in [5.41, 5.74) is 2.56.